The van der Waals surface area contributed by atoms with Gasteiger partial charge in [0, 0.05) is 5.92 Å². The molecular formula is C16H27BrFN3OSi. The zero-order valence-electron chi connectivity index (χ0n) is 14.6. The molecule has 0 saturated heterocycles. The van der Waals surface area contributed by atoms with Crippen molar-refractivity contribution < 1.29 is 8.82 Å². The summed E-state index contributed by atoms with van der Waals surface area (Å²) in [4.78, 5) is 8.51. The lowest BCUT2D eigenvalue weighted by Gasteiger charge is -2.42. The van der Waals surface area contributed by atoms with Crippen LogP contribution in [0, 0.1) is 0 Å². The number of aromatic nitrogens is 2. The number of nitrogen functional groups attached to an aromatic ring is 1. The van der Waals surface area contributed by atoms with Crippen LogP contribution in [0.1, 0.15) is 51.6 Å². The van der Waals surface area contributed by atoms with E-state index in [4.69, 9.17) is 10.2 Å². The summed E-state index contributed by atoms with van der Waals surface area (Å²) in [5, 5.41) is 0.0941. The van der Waals surface area contributed by atoms with E-state index in [0.29, 0.717) is 16.8 Å². The molecule has 1 fully saturated rings. The Balaban J connectivity index is 2.04. The molecule has 0 aromatic carbocycles. The zero-order valence-corrected chi connectivity index (χ0v) is 17.2. The van der Waals surface area contributed by atoms with Gasteiger partial charge in [-0.3, -0.25) is 0 Å². The zero-order chi connectivity index (χ0) is 17.4. The summed E-state index contributed by atoms with van der Waals surface area (Å²) in [6.45, 7) is 10.9. The van der Waals surface area contributed by atoms with Gasteiger partial charge in [0.1, 0.15) is 10.8 Å². The van der Waals surface area contributed by atoms with E-state index in [1.54, 1.807) is 6.20 Å². The van der Waals surface area contributed by atoms with Gasteiger partial charge in [-0.1, -0.05) is 20.8 Å². The Kier molecular flexibility index (Phi) is 5.53. The lowest BCUT2D eigenvalue weighted by molar-refractivity contribution is 0.0448. The van der Waals surface area contributed by atoms with Crippen LogP contribution in [0.15, 0.2) is 10.8 Å². The van der Waals surface area contributed by atoms with E-state index in [-0.39, 0.29) is 17.1 Å². The van der Waals surface area contributed by atoms with Gasteiger partial charge in [0.15, 0.2) is 14.1 Å². The van der Waals surface area contributed by atoms with Crippen LogP contribution in [0.25, 0.3) is 0 Å². The van der Waals surface area contributed by atoms with E-state index < -0.39 is 14.5 Å². The predicted octanol–water partition coefficient (Wildman–Crippen LogP) is 4.82. The van der Waals surface area contributed by atoms with Crippen molar-refractivity contribution in [3.05, 3.63) is 16.5 Å². The second kappa shape index (κ2) is 6.76. The van der Waals surface area contributed by atoms with Crippen LogP contribution in [0.3, 0.4) is 0 Å². The van der Waals surface area contributed by atoms with E-state index >= 15 is 0 Å². The Hall–Kier alpha value is -0.533. The number of alkyl halides is 1. The molecule has 1 saturated carbocycles. The minimum absolute atomic E-state index is 0.0775. The smallest absolute Gasteiger partial charge is 0.192 e. The number of hydrogen-bond donors (Lipinski definition) is 1. The lowest BCUT2D eigenvalue weighted by atomic mass is 9.84. The van der Waals surface area contributed by atoms with Crippen molar-refractivity contribution in [1.29, 1.82) is 0 Å². The molecular weight excluding hydrogens is 377 g/mol. The molecule has 130 valence electrons. The van der Waals surface area contributed by atoms with Crippen LogP contribution >= 0.6 is 15.9 Å². The first-order chi connectivity index (χ1) is 10.5. The molecule has 3 atom stereocenters. The van der Waals surface area contributed by atoms with Gasteiger partial charge in [0.2, 0.25) is 0 Å². The van der Waals surface area contributed by atoms with E-state index in [9.17, 15) is 4.39 Å². The molecule has 0 aliphatic heterocycles. The van der Waals surface area contributed by atoms with Crippen molar-refractivity contribution in [3.63, 3.8) is 0 Å². The highest BCUT2D eigenvalue weighted by atomic mass is 79.9. The minimum Gasteiger partial charge on any atom is -0.411 e. The molecule has 0 spiro atoms. The summed E-state index contributed by atoms with van der Waals surface area (Å²) in [5.41, 5.74) is 6.47. The Morgan fingerprint density at radius 2 is 2.00 bits per heavy atom. The van der Waals surface area contributed by atoms with Gasteiger partial charge >= 0.3 is 0 Å². The third-order valence-electron chi connectivity index (χ3n) is 5.16. The third-order valence-corrected chi connectivity index (χ3v) is 10.2. The van der Waals surface area contributed by atoms with E-state index in [1.807, 2.05) is 0 Å². The van der Waals surface area contributed by atoms with Gasteiger partial charge < -0.3 is 10.2 Å². The number of hydrogen-bond acceptors (Lipinski definition) is 4. The maximum absolute atomic E-state index is 14.7. The maximum atomic E-state index is 14.7. The third kappa shape index (κ3) is 4.31. The van der Waals surface area contributed by atoms with Gasteiger partial charge in [-0.15, -0.1) is 0 Å². The Bertz CT molecular complexity index is 565. The first kappa shape index (κ1) is 18.8. The molecule has 4 nitrogen and oxygen atoms in total. The maximum Gasteiger partial charge on any atom is 0.192 e. The van der Waals surface area contributed by atoms with Crippen molar-refractivity contribution in [2.75, 3.05) is 5.73 Å². The second-order valence-electron chi connectivity index (χ2n) is 7.91. The first-order valence-electron chi connectivity index (χ1n) is 8.11. The Morgan fingerprint density at radius 1 is 1.35 bits per heavy atom. The molecule has 2 N–H and O–H groups in total. The van der Waals surface area contributed by atoms with Crippen molar-refractivity contribution in [3.8, 4) is 0 Å². The topological polar surface area (TPSA) is 61.0 Å². The van der Waals surface area contributed by atoms with Gasteiger partial charge in [0.05, 0.1) is 18.0 Å². The SMILES string of the molecule is CC(C)(C)[Si](C)(C)OC1CC[C@H](c2cnc(N)c(Br)n2)C[C@@H]1F. The van der Waals surface area contributed by atoms with Gasteiger partial charge in [-0.2, -0.15) is 0 Å². The second-order valence-corrected chi connectivity index (χ2v) is 13.4. The summed E-state index contributed by atoms with van der Waals surface area (Å²) in [5.74, 6) is 0.439. The Morgan fingerprint density at radius 3 is 2.52 bits per heavy atom. The summed E-state index contributed by atoms with van der Waals surface area (Å²) in [7, 11) is -1.94. The fourth-order valence-corrected chi connectivity index (χ4v) is 4.31. The summed E-state index contributed by atoms with van der Waals surface area (Å²) in [6, 6.07) is 0. The molecule has 0 bridgehead atoms. The van der Waals surface area contributed by atoms with Crippen LogP contribution < -0.4 is 5.73 Å². The highest BCUT2D eigenvalue weighted by Crippen LogP contribution is 2.41. The highest BCUT2D eigenvalue weighted by molar-refractivity contribution is 9.10. The van der Waals surface area contributed by atoms with Gasteiger partial charge in [-0.05, 0) is 53.3 Å². The number of anilines is 1. The minimum atomic E-state index is -1.94. The normalized spacial score (nSPS) is 26.3. The molecule has 0 radical (unpaired) electrons. The van der Waals surface area contributed by atoms with E-state index in [2.05, 4.69) is 59.8 Å². The fourth-order valence-electron chi connectivity index (χ4n) is 2.63. The van der Waals surface area contributed by atoms with Crippen LogP contribution in [-0.4, -0.2) is 30.6 Å². The molecule has 1 aliphatic carbocycles. The van der Waals surface area contributed by atoms with Crippen molar-refractivity contribution in [2.24, 2.45) is 0 Å². The standard InChI is InChI=1S/C16H27BrFN3OSi/c1-16(2,3)23(4,5)22-13-7-6-10(8-11(13)18)12-9-20-15(19)14(17)21-12/h9-11,13H,6-8H2,1-5H3,(H2,19,20)/t10-,11-,13?/m0/s1. The molecule has 1 aromatic heterocycles. The van der Waals surface area contributed by atoms with Crippen LogP contribution in [0.4, 0.5) is 10.2 Å². The largest absolute Gasteiger partial charge is 0.411 e. The number of halogens is 2. The van der Waals surface area contributed by atoms with Crippen LogP contribution in [-0.2, 0) is 4.43 Å². The molecule has 2 rings (SSSR count). The van der Waals surface area contributed by atoms with E-state index in [0.717, 1.165) is 18.5 Å². The van der Waals surface area contributed by atoms with Crippen molar-refractivity contribution in [2.45, 2.75) is 76.4 Å². The Labute approximate surface area is 147 Å². The molecule has 1 heterocycles. The molecule has 1 unspecified atom stereocenters. The first-order valence-corrected chi connectivity index (χ1v) is 11.8. The highest BCUT2D eigenvalue weighted by Gasteiger charge is 2.42. The van der Waals surface area contributed by atoms with Crippen LogP contribution in [0.2, 0.25) is 18.1 Å². The average molecular weight is 404 g/mol. The van der Waals surface area contributed by atoms with E-state index in [1.165, 1.54) is 0 Å². The predicted molar refractivity (Wildman–Crippen MR) is 97.7 cm³/mol. The lowest BCUT2D eigenvalue weighted by Crippen LogP contribution is -2.47. The molecule has 1 aromatic rings. The summed E-state index contributed by atoms with van der Waals surface area (Å²) >= 11 is 3.29. The summed E-state index contributed by atoms with van der Waals surface area (Å²) in [6.07, 6.45) is 2.43. The van der Waals surface area contributed by atoms with Crippen LogP contribution in [0.5, 0.6) is 0 Å². The number of nitrogens with two attached hydrogens (primary N) is 1. The number of rotatable bonds is 3. The quantitative estimate of drug-likeness (QED) is 0.734. The molecule has 7 heteroatoms. The molecule has 23 heavy (non-hydrogen) atoms. The van der Waals surface area contributed by atoms with Crippen molar-refractivity contribution in [1.82, 2.24) is 9.97 Å². The van der Waals surface area contributed by atoms with Crippen molar-refractivity contribution >= 4 is 30.1 Å². The fraction of sp³-hybridized carbons (Fsp3) is 0.750. The molecule has 1 aliphatic rings. The van der Waals surface area contributed by atoms with Gasteiger partial charge in [-0.25, -0.2) is 14.4 Å². The average Bonchev–Trinajstić information content (AvgIpc) is 2.42. The number of nitrogens with zero attached hydrogens (tertiary/aromatic N) is 2. The molecule has 0 amide bonds. The summed E-state index contributed by atoms with van der Waals surface area (Å²) < 4.78 is 21.5. The van der Waals surface area contributed by atoms with Gasteiger partial charge in [0.25, 0.3) is 0 Å². The monoisotopic (exact) mass is 403 g/mol.